The molecule has 21 heavy (non-hydrogen) atoms. The summed E-state index contributed by atoms with van der Waals surface area (Å²) in [7, 11) is 1.80. The van der Waals surface area contributed by atoms with Crippen LogP contribution in [0.1, 0.15) is 42.5 Å². The molecular formula is C17H18BrF2N. The van der Waals surface area contributed by atoms with E-state index in [0.29, 0.717) is 11.5 Å². The molecular weight excluding hydrogens is 336 g/mol. The Bertz CT molecular complexity index is 623. The molecule has 0 spiro atoms. The number of benzene rings is 2. The van der Waals surface area contributed by atoms with Crippen molar-refractivity contribution in [2.24, 2.45) is 0 Å². The number of rotatable bonds is 4. The third-order valence-corrected chi connectivity index (χ3v) is 4.41. The van der Waals surface area contributed by atoms with Gasteiger partial charge in [-0.3, -0.25) is 0 Å². The highest BCUT2D eigenvalue weighted by Crippen LogP contribution is 2.32. The maximum absolute atomic E-state index is 13.7. The van der Waals surface area contributed by atoms with Gasteiger partial charge in [0.25, 0.3) is 0 Å². The molecule has 1 nitrogen and oxygen atoms in total. The summed E-state index contributed by atoms with van der Waals surface area (Å²) in [6, 6.07) is 10.7. The molecule has 0 saturated carbocycles. The minimum Gasteiger partial charge on any atom is -0.309 e. The van der Waals surface area contributed by atoms with E-state index in [4.69, 9.17) is 0 Å². The van der Waals surface area contributed by atoms with Crippen LogP contribution in [0.4, 0.5) is 8.78 Å². The third kappa shape index (κ3) is 3.33. The molecule has 1 unspecified atom stereocenters. The van der Waals surface area contributed by atoms with Crippen LogP contribution >= 0.6 is 15.9 Å². The van der Waals surface area contributed by atoms with Gasteiger partial charge >= 0.3 is 0 Å². The zero-order valence-corrected chi connectivity index (χ0v) is 13.8. The van der Waals surface area contributed by atoms with Crippen LogP contribution in [0, 0.1) is 11.6 Å². The first-order chi connectivity index (χ1) is 9.95. The lowest BCUT2D eigenvalue weighted by atomic mass is 9.95. The Morgan fingerprint density at radius 2 is 1.52 bits per heavy atom. The van der Waals surface area contributed by atoms with Crippen LogP contribution in [0.3, 0.4) is 0 Å². The maximum Gasteiger partial charge on any atom is 0.173 e. The largest absolute Gasteiger partial charge is 0.309 e. The zero-order chi connectivity index (χ0) is 15.6. The Labute approximate surface area is 132 Å². The van der Waals surface area contributed by atoms with E-state index in [9.17, 15) is 8.78 Å². The van der Waals surface area contributed by atoms with Gasteiger partial charge in [-0.2, -0.15) is 0 Å². The van der Waals surface area contributed by atoms with Crippen molar-refractivity contribution in [3.05, 3.63) is 69.2 Å². The van der Waals surface area contributed by atoms with Gasteiger partial charge in [-0.1, -0.05) is 44.2 Å². The minimum atomic E-state index is -0.855. The molecule has 0 aromatic heterocycles. The predicted molar refractivity (Wildman–Crippen MR) is 85.5 cm³/mol. The molecule has 0 amide bonds. The number of hydrogen-bond acceptors (Lipinski definition) is 1. The quantitative estimate of drug-likeness (QED) is 0.748. The smallest absolute Gasteiger partial charge is 0.173 e. The van der Waals surface area contributed by atoms with Crippen molar-refractivity contribution >= 4 is 15.9 Å². The molecule has 4 heteroatoms. The van der Waals surface area contributed by atoms with Crippen molar-refractivity contribution in [2.45, 2.75) is 25.8 Å². The molecule has 2 aromatic rings. The van der Waals surface area contributed by atoms with Crippen molar-refractivity contribution in [1.82, 2.24) is 5.32 Å². The third-order valence-electron chi connectivity index (χ3n) is 3.60. The van der Waals surface area contributed by atoms with Crippen LogP contribution in [0.5, 0.6) is 0 Å². The first-order valence-corrected chi connectivity index (χ1v) is 7.65. The molecule has 1 N–H and O–H groups in total. The van der Waals surface area contributed by atoms with Gasteiger partial charge in [-0.25, -0.2) is 8.78 Å². The fourth-order valence-electron chi connectivity index (χ4n) is 2.34. The molecule has 2 rings (SSSR count). The average molecular weight is 354 g/mol. The van der Waals surface area contributed by atoms with Crippen molar-refractivity contribution in [3.63, 3.8) is 0 Å². The average Bonchev–Trinajstić information content (AvgIpc) is 2.48. The Balaban J connectivity index is 2.42. The summed E-state index contributed by atoms with van der Waals surface area (Å²) in [5.74, 6) is -1.25. The summed E-state index contributed by atoms with van der Waals surface area (Å²) in [6.07, 6.45) is 0. The van der Waals surface area contributed by atoms with E-state index in [2.05, 4.69) is 47.2 Å². The van der Waals surface area contributed by atoms with Crippen LogP contribution in [0.2, 0.25) is 0 Å². The number of nitrogens with one attached hydrogen (secondary N) is 1. The van der Waals surface area contributed by atoms with Gasteiger partial charge in [0.2, 0.25) is 0 Å². The Kier molecular flexibility index (Phi) is 5.12. The molecule has 0 heterocycles. The van der Waals surface area contributed by atoms with Crippen molar-refractivity contribution in [1.29, 1.82) is 0 Å². The summed E-state index contributed by atoms with van der Waals surface area (Å²) in [6.45, 7) is 4.27. The summed E-state index contributed by atoms with van der Waals surface area (Å²) in [5.41, 5.74) is 2.93. The highest BCUT2D eigenvalue weighted by atomic mass is 79.9. The second-order valence-electron chi connectivity index (χ2n) is 5.31. The van der Waals surface area contributed by atoms with Gasteiger partial charge in [0.05, 0.1) is 10.5 Å². The standard InChI is InChI=1S/C17H18BrF2N/c1-10(2)11-4-6-12(7-5-11)17(21-3)13-8-9-14(19)16(20)15(13)18/h4-10,17,21H,1-3H3. The molecule has 112 valence electrons. The number of hydrogen-bond donors (Lipinski definition) is 1. The SMILES string of the molecule is CNC(c1ccc(C(C)C)cc1)c1ccc(F)c(F)c1Br. The van der Waals surface area contributed by atoms with Crippen molar-refractivity contribution in [3.8, 4) is 0 Å². The first kappa shape index (κ1) is 16.1. The van der Waals surface area contributed by atoms with Gasteiger partial charge in [-0.05, 0) is 51.7 Å². The Morgan fingerprint density at radius 1 is 0.952 bits per heavy atom. The predicted octanol–water partition coefficient (Wildman–Crippen LogP) is 5.16. The highest BCUT2D eigenvalue weighted by Gasteiger charge is 2.19. The van der Waals surface area contributed by atoms with Gasteiger partial charge in [0.15, 0.2) is 11.6 Å². The van der Waals surface area contributed by atoms with E-state index in [1.54, 1.807) is 13.1 Å². The molecule has 2 aromatic carbocycles. The van der Waals surface area contributed by atoms with Crippen molar-refractivity contribution < 1.29 is 8.78 Å². The summed E-state index contributed by atoms with van der Waals surface area (Å²) < 4.78 is 27.1. The molecule has 0 aliphatic heterocycles. The fourth-order valence-corrected chi connectivity index (χ4v) is 2.89. The first-order valence-electron chi connectivity index (χ1n) is 6.86. The highest BCUT2D eigenvalue weighted by molar-refractivity contribution is 9.10. The lowest BCUT2D eigenvalue weighted by Gasteiger charge is -2.20. The van der Waals surface area contributed by atoms with E-state index in [1.165, 1.54) is 5.56 Å². The van der Waals surface area contributed by atoms with E-state index in [-0.39, 0.29) is 10.5 Å². The van der Waals surface area contributed by atoms with Gasteiger partial charge in [-0.15, -0.1) is 0 Å². The van der Waals surface area contributed by atoms with Crippen LogP contribution in [-0.2, 0) is 0 Å². The normalized spacial score (nSPS) is 12.7. The van der Waals surface area contributed by atoms with Gasteiger partial charge < -0.3 is 5.32 Å². The number of halogens is 3. The minimum absolute atomic E-state index is 0.162. The lowest BCUT2D eigenvalue weighted by Crippen LogP contribution is -2.18. The molecule has 0 radical (unpaired) electrons. The Morgan fingerprint density at radius 3 is 2.05 bits per heavy atom. The summed E-state index contributed by atoms with van der Waals surface area (Å²) in [4.78, 5) is 0. The fraction of sp³-hybridized carbons (Fsp3) is 0.294. The van der Waals surface area contributed by atoms with Gasteiger partial charge in [0.1, 0.15) is 0 Å². The molecule has 1 atom stereocenters. The Hall–Kier alpha value is -1.26. The molecule has 0 aliphatic carbocycles. The van der Waals surface area contributed by atoms with E-state index in [0.717, 1.165) is 11.6 Å². The summed E-state index contributed by atoms with van der Waals surface area (Å²) in [5, 5.41) is 3.15. The second kappa shape index (κ2) is 6.67. The zero-order valence-electron chi connectivity index (χ0n) is 12.3. The lowest BCUT2D eigenvalue weighted by molar-refractivity contribution is 0.499. The van der Waals surface area contributed by atoms with E-state index < -0.39 is 11.6 Å². The molecule has 0 saturated heterocycles. The second-order valence-corrected chi connectivity index (χ2v) is 6.10. The van der Waals surface area contributed by atoms with Crippen LogP contribution < -0.4 is 5.32 Å². The monoisotopic (exact) mass is 353 g/mol. The molecule has 0 aliphatic rings. The van der Waals surface area contributed by atoms with Gasteiger partial charge in [0, 0.05) is 0 Å². The molecule has 0 fully saturated rings. The van der Waals surface area contributed by atoms with Crippen molar-refractivity contribution in [2.75, 3.05) is 7.05 Å². The van der Waals surface area contributed by atoms with E-state index >= 15 is 0 Å². The van der Waals surface area contributed by atoms with Crippen LogP contribution in [-0.4, -0.2) is 7.05 Å². The van der Waals surface area contributed by atoms with E-state index in [1.807, 2.05) is 12.1 Å². The van der Waals surface area contributed by atoms with Crippen LogP contribution in [0.25, 0.3) is 0 Å². The van der Waals surface area contributed by atoms with Crippen LogP contribution in [0.15, 0.2) is 40.9 Å². The maximum atomic E-state index is 13.7. The topological polar surface area (TPSA) is 12.0 Å². The molecule has 0 bridgehead atoms. The summed E-state index contributed by atoms with van der Waals surface area (Å²) >= 11 is 3.15.